The zero-order valence-corrected chi connectivity index (χ0v) is 11.9. The van der Waals surface area contributed by atoms with Crippen molar-refractivity contribution < 1.29 is 4.74 Å². The Labute approximate surface area is 115 Å². The lowest BCUT2D eigenvalue weighted by atomic mass is 10.1. The molecule has 0 aliphatic rings. The van der Waals surface area contributed by atoms with Gasteiger partial charge in [0.15, 0.2) is 0 Å². The van der Waals surface area contributed by atoms with Crippen LogP contribution in [0.5, 0.6) is 11.5 Å². The largest absolute Gasteiger partial charge is 0.454 e. The summed E-state index contributed by atoms with van der Waals surface area (Å²) < 4.78 is 6.71. The number of ether oxygens (including phenoxy) is 1. The fourth-order valence-corrected chi connectivity index (χ4v) is 2.06. The fraction of sp³-hybridized carbons (Fsp3) is 0.214. The minimum Gasteiger partial charge on any atom is -0.454 e. The van der Waals surface area contributed by atoms with E-state index in [-0.39, 0.29) is 6.04 Å². The smallest absolute Gasteiger partial charge is 0.148 e. The number of nitrogens with two attached hydrogens (primary N) is 1. The van der Waals surface area contributed by atoms with Crippen LogP contribution in [0.3, 0.4) is 0 Å². The summed E-state index contributed by atoms with van der Waals surface area (Å²) >= 11 is 3.50. The molecule has 0 amide bonds. The normalized spacial score (nSPS) is 12.2. The highest BCUT2D eigenvalue weighted by atomic mass is 79.9. The number of pyridine rings is 1. The molecule has 94 valence electrons. The van der Waals surface area contributed by atoms with Gasteiger partial charge in [0.1, 0.15) is 11.5 Å². The Balaban J connectivity index is 2.28. The van der Waals surface area contributed by atoms with Crippen molar-refractivity contribution in [2.24, 2.45) is 5.73 Å². The van der Waals surface area contributed by atoms with E-state index in [1.54, 1.807) is 6.20 Å². The van der Waals surface area contributed by atoms with Crippen molar-refractivity contribution in [2.45, 2.75) is 19.9 Å². The number of rotatable bonds is 3. The number of aryl methyl sites for hydroxylation is 1. The van der Waals surface area contributed by atoms with Gasteiger partial charge in [-0.05, 0) is 59.6 Å². The second-order valence-electron chi connectivity index (χ2n) is 4.17. The Morgan fingerprint density at radius 2 is 2.06 bits per heavy atom. The van der Waals surface area contributed by atoms with Gasteiger partial charge in [-0.3, -0.25) is 4.98 Å². The Morgan fingerprint density at radius 1 is 1.28 bits per heavy atom. The van der Waals surface area contributed by atoms with E-state index in [4.69, 9.17) is 10.5 Å². The molecule has 2 N–H and O–H groups in total. The third kappa shape index (κ3) is 2.89. The molecular weight excluding hydrogens is 292 g/mol. The topological polar surface area (TPSA) is 48.1 Å². The summed E-state index contributed by atoms with van der Waals surface area (Å²) in [6.07, 6.45) is 1.75. The Bertz CT molecular complexity index is 555. The maximum atomic E-state index is 5.84. The quantitative estimate of drug-likeness (QED) is 0.933. The number of halogens is 1. The van der Waals surface area contributed by atoms with Gasteiger partial charge < -0.3 is 10.5 Å². The number of hydrogen-bond donors (Lipinski definition) is 1. The first kappa shape index (κ1) is 13.1. The van der Waals surface area contributed by atoms with Gasteiger partial charge in [-0.25, -0.2) is 0 Å². The Kier molecular flexibility index (Phi) is 3.99. The molecule has 1 heterocycles. The lowest BCUT2D eigenvalue weighted by molar-refractivity contribution is 0.472. The van der Waals surface area contributed by atoms with Crippen molar-refractivity contribution in [3.05, 3.63) is 52.3 Å². The molecule has 1 aromatic carbocycles. The van der Waals surface area contributed by atoms with E-state index in [1.807, 2.05) is 44.2 Å². The molecule has 18 heavy (non-hydrogen) atoms. The molecule has 0 saturated heterocycles. The summed E-state index contributed by atoms with van der Waals surface area (Å²) in [5, 5.41) is 0. The summed E-state index contributed by atoms with van der Waals surface area (Å²) in [6.45, 7) is 3.87. The van der Waals surface area contributed by atoms with Gasteiger partial charge in [-0.2, -0.15) is 0 Å². The number of aromatic nitrogens is 1. The van der Waals surface area contributed by atoms with E-state index < -0.39 is 0 Å². The van der Waals surface area contributed by atoms with Crippen molar-refractivity contribution in [3.63, 3.8) is 0 Å². The summed E-state index contributed by atoms with van der Waals surface area (Å²) in [4.78, 5) is 4.19. The van der Waals surface area contributed by atoms with Crippen LogP contribution in [0.25, 0.3) is 0 Å². The third-order valence-electron chi connectivity index (χ3n) is 2.66. The van der Waals surface area contributed by atoms with Crippen LogP contribution < -0.4 is 10.5 Å². The van der Waals surface area contributed by atoms with Crippen LogP contribution in [0, 0.1) is 6.92 Å². The van der Waals surface area contributed by atoms with Crippen LogP contribution in [-0.2, 0) is 0 Å². The van der Waals surface area contributed by atoms with Crippen molar-refractivity contribution >= 4 is 15.9 Å². The fourth-order valence-electron chi connectivity index (χ4n) is 1.58. The molecule has 0 aliphatic heterocycles. The maximum Gasteiger partial charge on any atom is 0.148 e. The summed E-state index contributed by atoms with van der Waals surface area (Å²) in [6, 6.07) is 9.62. The van der Waals surface area contributed by atoms with Crippen molar-refractivity contribution in [2.75, 3.05) is 0 Å². The van der Waals surface area contributed by atoms with E-state index in [0.29, 0.717) is 0 Å². The predicted octanol–water partition coefficient (Wildman–Crippen LogP) is 3.96. The van der Waals surface area contributed by atoms with Crippen molar-refractivity contribution in [3.8, 4) is 11.5 Å². The van der Waals surface area contributed by atoms with Gasteiger partial charge >= 0.3 is 0 Å². The second kappa shape index (κ2) is 5.50. The molecule has 4 heteroatoms. The van der Waals surface area contributed by atoms with Gasteiger partial charge in [-0.15, -0.1) is 0 Å². The third-order valence-corrected chi connectivity index (χ3v) is 3.28. The van der Waals surface area contributed by atoms with Crippen molar-refractivity contribution in [1.82, 2.24) is 4.98 Å². The average Bonchev–Trinajstić information content (AvgIpc) is 2.34. The van der Waals surface area contributed by atoms with E-state index in [0.717, 1.165) is 27.2 Å². The first-order valence-electron chi connectivity index (χ1n) is 5.72. The number of nitrogens with zero attached hydrogens (tertiary/aromatic N) is 1. The summed E-state index contributed by atoms with van der Waals surface area (Å²) in [5.41, 5.74) is 7.77. The highest BCUT2D eigenvalue weighted by molar-refractivity contribution is 9.10. The standard InChI is InChI=1S/C14H15BrN2O/c1-9(16)11-5-6-14(12(15)8-11)18-13-4-3-7-17-10(13)2/h3-9H,16H2,1-2H3. The molecule has 0 spiro atoms. The first-order chi connectivity index (χ1) is 8.58. The molecular formula is C14H15BrN2O. The van der Waals surface area contributed by atoms with Crippen LogP contribution in [0.1, 0.15) is 24.2 Å². The Hall–Kier alpha value is -1.39. The van der Waals surface area contributed by atoms with Crippen LogP contribution >= 0.6 is 15.9 Å². The lowest BCUT2D eigenvalue weighted by Gasteiger charge is -2.12. The van der Waals surface area contributed by atoms with E-state index >= 15 is 0 Å². The second-order valence-corrected chi connectivity index (χ2v) is 5.02. The minimum absolute atomic E-state index is 0.00970. The molecule has 1 aromatic heterocycles. The number of benzene rings is 1. The molecule has 3 nitrogen and oxygen atoms in total. The highest BCUT2D eigenvalue weighted by Crippen LogP contribution is 2.32. The van der Waals surface area contributed by atoms with E-state index in [2.05, 4.69) is 20.9 Å². The van der Waals surface area contributed by atoms with E-state index in [9.17, 15) is 0 Å². The molecule has 0 fully saturated rings. The Morgan fingerprint density at radius 3 is 2.67 bits per heavy atom. The zero-order chi connectivity index (χ0) is 13.1. The SMILES string of the molecule is Cc1ncccc1Oc1ccc(C(C)N)cc1Br. The highest BCUT2D eigenvalue weighted by Gasteiger charge is 2.08. The minimum atomic E-state index is 0.00970. The lowest BCUT2D eigenvalue weighted by Crippen LogP contribution is -2.04. The molecule has 0 saturated carbocycles. The zero-order valence-electron chi connectivity index (χ0n) is 10.4. The molecule has 0 radical (unpaired) electrons. The van der Waals surface area contributed by atoms with Gasteiger partial charge in [0, 0.05) is 12.2 Å². The molecule has 2 aromatic rings. The molecule has 1 atom stereocenters. The van der Waals surface area contributed by atoms with Gasteiger partial charge in [0.2, 0.25) is 0 Å². The van der Waals surface area contributed by atoms with Gasteiger partial charge in [-0.1, -0.05) is 6.07 Å². The summed E-state index contributed by atoms with van der Waals surface area (Å²) in [7, 11) is 0. The molecule has 0 bridgehead atoms. The van der Waals surface area contributed by atoms with Crippen LogP contribution in [0.15, 0.2) is 41.0 Å². The summed E-state index contributed by atoms with van der Waals surface area (Å²) in [5.74, 6) is 1.52. The van der Waals surface area contributed by atoms with Crippen LogP contribution in [-0.4, -0.2) is 4.98 Å². The predicted molar refractivity (Wildman–Crippen MR) is 75.8 cm³/mol. The molecule has 1 unspecified atom stereocenters. The van der Waals surface area contributed by atoms with Crippen molar-refractivity contribution in [1.29, 1.82) is 0 Å². The molecule has 0 aliphatic carbocycles. The van der Waals surface area contributed by atoms with Gasteiger partial charge in [0.25, 0.3) is 0 Å². The number of hydrogen-bond acceptors (Lipinski definition) is 3. The monoisotopic (exact) mass is 306 g/mol. The first-order valence-corrected chi connectivity index (χ1v) is 6.51. The van der Waals surface area contributed by atoms with Crippen LogP contribution in [0.4, 0.5) is 0 Å². The average molecular weight is 307 g/mol. The van der Waals surface area contributed by atoms with E-state index in [1.165, 1.54) is 0 Å². The van der Waals surface area contributed by atoms with Gasteiger partial charge in [0.05, 0.1) is 10.2 Å². The van der Waals surface area contributed by atoms with Crippen LogP contribution in [0.2, 0.25) is 0 Å². The maximum absolute atomic E-state index is 5.84. The molecule has 2 rings (SSSR count).